The average Bonchev–Trinajstić information content (AvgIpc) is 2.55. The normalized spacial score (nSPS) is 19.0. The maximum Gasteiger partial charge on any atom is 0.261 e. The summed E-state index contributed by atoms with van der Waals surface area (Å²) in [5.41, 5.74) is 2.99. The van der Waals surface area contributed by atoms with Gasteiger partial charge in [-0.25, -0.2) is 0 Å². The number of aryl methyl sites for hydroxylation is 2. The second-order valence-corrected chi connectivity index (χ2v) is 7.74. The molecule has 2 atom stereocenters. The predicted molar refractivity (Wildman–Crippen MR) is 103 cm³/mol. The largest absolute Gasteiger partial charge is 0.487 e. The van der Waals surface area contributed by atoms with E-state index in [1.54, 1.807) is 6.92 Å². The van der Waals surface area contributed by atoms with E-state index in [1.165, 1.54) is 0 Å². The van der Waals surface area contributed by atoms with Crippen molar-refractivity contribution in [2.24, 2.45) is 0 Å². The zero-order valence-electron chi connectivity index (χ0n) is 16.1. The minimum atomic E-state index is -0.572. The van der Waals surface area contributed by atoms with Gasteiger partial charge in [0.2, 0.25) is 0 Å². The van der Waals surface area contributed by atoms with Crippen molar-refractivity contribution in [2.75, 3.05) is 0 Å². The first-order chi connectivity index (χ1) is 12.2. The summed E-state index contributed by atoms with van der Waals surface area (Å²) >= 11 is 0. The first kappa shape index (κ1) is 18.3. The van der Waals surface area contributed by atoms with Crippen molar-refractivity contribution in [3.8, 4) is 11.5 Å². The Morgan fingerprint density at radius 2 is 1.81 bits per heavy atom. The van der Waals surface area contributed by atoms with Gasteiger partial charge in [-0.15, -0.1) is 0 Å². The number of amides is 1. The lowest BCUT2D eigenvalue weighted by molar-refractivity contribution is -0.128. The van der Waals surface area contributed by atoms with Crippen molar-refractivity contribution in [2.45, 2.75) is 58.8 Å². The summed E-state index contributed by atoms with van der Waals surface area (Å²) < 4.78 is 11.9. The van der Waals surface area contributed by atoms with Crippen LogP contribution in [-0.2, 0) is 4.79 Å². The summed E-state index contributed by atoms with van der Waals surface area (Å²) in [6, 6.07) is 13.7. The van der Waals surface area contributed by atoms with E-state index < -0.39 is 6.10 Å². The summed E-state index contributed by atoms with van der Waals surface area (Å²) in [5, 5.41) is 3.14. The molecular weight excluding hydrogens is 326 g/mol. The van der Waals surface area contributed by atoms with Crippen LogP contribution in [0.25, 0.3) is 0 Å². The molecule has 1 aliphatic rings. The Labute approximate surface area is 155 Å². The van der Waals surface area contributed by atoms with Gasteiger partial charge in [0.1, 0.15) is 17.1 Å². The Morgan fingerprint density at radius 1 is 1.15 bits per heavy atom. The second kappa shape index (κ2) is 7.02. The SMILES string of the molecule is Cc1ccc(O[C@H](C)C(=O)N[C@@H]2CC(C)(C)Oc3cc(C)ccc32)cc1. The molecule has 4 heteroatoms. The Hall–Kier alpha value is -2.49. The molecule has 2 aromatic rings. The summed E-state index contributed by atoms with van der Waals surface area (Å²) in [5.74, 6) is 1.42. The first-order valence-corrected chi connectivity index (χ1v) is 9.07. The van der Waals surface area contributed by atoms with E-state index in [4.69, 9.17) is 9.47 Å². The lowest BCUT2D eigenvalue weighted by atomic mass is 9.89. The van der Waals surface area contributed by atoms with Gasteiger partial charge in [-0.3, -0.25) is 4.79 Å². The van der Waals surface area contributed by atoms with Crippen molar-refractivity contribution in [1.82, 2.24) is 5.32 Å². The number of benzene rings is 2. The topological polar surface area (TPSA) is 47.6 Å². The number of rotatable bonds is 4. The highest BCUT2D eigenvalue weighted by Gasteiger charge is 2.35. The summed E-state index contributed by atoms with van der Waals surface area (Å²) in [6.45, 7) is 9.92. The molecule has 0 saturated heterocycles. The molecule has 0 bridgehead atoms. The van der Waals surface area contributed by atoms with E-state index in [2.05, 4.69) is 5.32 Å². The smallest absolute Gasteiger partial charge is 0.261 e. The van der Waals surface area contributed by atoms with Gasteiger partial charge in [-0.2, -0.15) is 0 Å². The minimum absolute atomic E-state index is 0.0917. The Morgan fingerprint density at radius 3 is 2.50 bits per heavy atom. The summed E-state index contributed by atoms with van der Waals surface area (Å²) in [6.07, 6.45) is 0.143. The number of hydrogen-bond donors (Lipinski definition) is 1. The van der Waals surface area contributed by atoms with Gasteiger partial charge in [0, 0.05) is 12.0 Å². The molecule has 0 unspecified atom stereocenters. The van der Waals surface area contributed by atoms with Gasteiger partial charge >= 0.3 is 0 Å². The monoisotopic (exact) mass is 353 g/mol. The van der Waals surface area contributed by atoms with Crippen molar-refractivity contribution >= 4 is 5.91 Å². The fourth-order valence-electron chi connectivity index (χ4n) is 3.25. The molecule has 0 aromatic heterocycles. The van der Waals surface area contributed by atoms with Crippen LogP contribution in [-0.4, -0.2) is 17.6 Å². The number of carbonyl (C=O) groups is 1. The zero-order valence-corrected chi connectivity index (χ0v) is 16.1. The molecule has 1 aliphatic heterocycles. The third-order valence-corrected chi connectivity index (χ3v) is 4.65. The fraction of sp³-hybridized carbons (Fsp3) is 0.409. The number of hydrogen-bond acceptors (Lipinski definition) is 3. The van der Waals surface area contributed by atoms with Crippen molar-refractivity contribution in [3.05, 3.63) is 59.2 Å². The van der Waals surface area contributed by atoms with E-state index in [9.17, 15) is 4.79 Å². The highest BCUT2D eigenvalue weighted by atomic mass is 16.5. The van der Waals surface area contributed by atoms with E-state index in [0.29, 0.717) is 12.2 Å². The lowest BCUT2D eigenvalue weighted by Crippen LogP contribution is -2.44. The van der Waals surface area contributed by atoms with Crippen LogP contribution < -0.4 is 14.8 Å². The van der Waals surface area contributed by atoms with Crippen LogP contribution in [0.2, 0.25) is 0 Å². The molecule has 0 aliphatic carbocycles. The van der Waals surface area contributed by atoms with E-state index in [-0.39, 0.29) is 17.6 Å². The van der Waals surface area contributed by atoms with Gasteiger partial charge in [0.05, 0.1) is 6.04 Å². The molecule has 0 spiro atoms. The van der Waals surface area contributed by atoms with Gasteiger partial charge in [0.25, 0.3) is 5.91 Å². The predicted octanol–water partition coefficient (Wildman–Crippen LogP) is 4.49. The van der Waals surface area contributed by atoms with Crippen LogP contribution in [0.1, 0.15) is 49.9 Å². The Balaban J connectivity index is 1.73. The highest BCUT2D eigenvalue weighted by Crippen LogP contribution is 2.39. The van der Waals surface area contributed by atoms with E-state index >= 15 is 0 Å². The molecular formula is C22H27NO3. The van der Waals surface area contributed by atoms with Crippen LogP contribution in [0.3, 0.4) is 0 Å². The van der Waals surface area contributed by atoms with Gasteiger partial charge < -0.3 is 14.8 Å². The van der Waals surface area contributed by atoms with Crippen molar-refractivity contribution in [3.63, 3.8) is 0 Å². The number of nitrogens with one attached hydrogen (secondary N) is 1. The van der Waals surface area contributed by atoms with Crippen molar-refractivity contribution < 1.29 is 14.3 Å². The standard InChI is InChI=1S/C22H27NO3/c1-14-6-9-17(10-7-14)25-16(3)21(24)23-19-13-22(4,5)26-20-12-15(2)8-11-18(19)20/h6-12,16,19H,13H2,1-5H3,(H,23,24)/t16-,19-/m1/s1. The van der Waals surface area contributed by atoms with Crippen LogP contribution in [0.15, 0.2) is 42.5 Å². The molecule has 2 aromatic carbocycles. The lowest BCUT2D eigenvalue weighted by Gasteiger charge is -2.38. The van der Waals surface area contributed by atoms with E-state index in [1.807, 2.05) is 70.2 Å². The van der Waals surface area contributed by atoms with Gasteiger partial charge in [0.15, 0.2) is 6.10 Å². The molecule has 4 nitrogen and oxygen atoms in total. The third kappa shape index (κ3) is 4.18. The quantitative estimate of drug-likeness (QED) is 0.881. The molecule has 138 valence electrons. The maximum atomic E-state index is 12.7. The summed E-state index contributed by atoms with van der Waals surface area (Å²) in [4.78, 5) is 12.7. The van der Waals surface area contributed by atoms with Crippen molar-refractivity contribution in [1.29, 1.82) is 0 Å². The maximum absolute atomic E-state index is 12.7. The number of fused-ring (bicyclic) bond motifs is 1. The van der Waals surface area contributed by atoms with Crippen LogP contribution in [0.5, 0.6) is 11.5 Å². The summed E-state index contributed by atoms with van der Waals surface area (Å²) in [7, 11) is 0. The Kier molecular flexibility index (Phi) is 4.94. The second-order valence-electron chi connectivity index (χ2n) is 7.74. The minimum Gasteiger partial charge on any atom is -0.487 e. The molecule has 0 saturated carbocycles. The molecule has 1 heterocycles. The number of carbonyl (C=O) groups excluding carboxylic acids is 1. The third-order valence-electron chi connectivity index (χ3n) is 4.65. The highest BCUT2D eigenvalue weighted by molar-refractivity contribution is 5.81. The number of ether oxygens (including phenoxy) is 2. The Bertz CT molecular complexity index is 796. The van der Waals surface area contributed by atoms with Crippen LogP contribution in [0, 0.1) is 13.8 Å². The van der Waals surface area contributed by atoms with Gasteiger partial charge in [-0.05, 0) is 58.4 Å². The molecule has 1 amide bonds. The van der Waals surface area contributed by atoms with E-state index in [0.717, 1.165) is 22.4 Å². The molecule has 0 fully saturated rings. The molecule has 3 rings (SSSR count). The average molecular weight is 353 g/mol. The van der Waals surface area contributed by atoms with Gasteiger partial charge in [-0.1, -0.05) is 29.8 Å². The molecule has 0 radical (unpaired) electrons. The molecule has 1 N–H and O–H groups in total. The zero-order chi connectivity index (χ0) is 18.9. The van der Waals surface area contributed by atoms with Crippen LogP contribution in [0.4, 0.5) is 0 Å². The van der Waals surface area contributed by atoms with Crippen LogP contribution >= 0.6 is 0 Å². The fourth-order valence-corrected chi connectivity index (χ4v) is 3.25. The first-order valence-electron chi connectivity index (χ1n) is 9.07. The molecule has 26 heavy (non-hydrogen) atoms.